The van der Waals surface area contributed by atoms with Gasteiger partial charge < -0.3 is 0 Å². The van der Waals surface area contributed by atoms with Crippen LogP contribution in [0.4, 0.5) is 0 Å². The Labute approximate surface area is 156 Å². The van der Waals surface area contributed by atoms with Gasteiger partial charge in [-0.3, -0.25) is 9.59 Å². The van der Waals surface area contributed by atoms with Crippen molar-refractivity contribution in [3.05, 3.63) is 39.4 Å². The van der Waals surface area contributed by atoms with Crippen LogP contribution >= 0.6 is 22.9 Å². The van der Waals surface area contributed by atoms with Crippen molar-refractivity contribution in [1.82, 2.24) is 4.98 Å². The molecule has 2 fully saturated rings. The molecule has 1 aromatic carbocycles. The molecule has 0 saturated heterocycles. The maximum absolute atomic E-state index is 12.8. The second kappa shape index (κ2) is 6.33. The Bertz CT molecular complexity index is 851. The topological polar surface area (TPSA) is 47.0 Å². The fourth-order valence-electron chi connectivity index (χ4n) is 4.12. The van der Waals surface area contributed by atoms with Crippen molar-refractivity contribution < 1.29 is 9.59 Å². The third-order valence-corrected chi connectivity index (χ3v) is 7.22. The molecule has 2 aliphatic carbocycles. The van der Waals surface area contributed by atoms with Crippen LogP contribution in [0.1, 0.15) is 48.2 Å². The first-order valence-corrected chi connectivity index (χ1v) is 10.0. The summed E-state index contributed by atoms with van der Waals surface area (Å²) in [4.78, 5) is 31.5. The van der Waals surface area contributed by atoms with Gasteiger partial charge >= 0.3 is 0 Å². The number of benzene rings is 1. The highest BCUT2D eigenvalue weighted by Crippen LogP contribution is 2.45. The minimum atomic E-state index is -0.639. The Hall–Kier alpha value is -1.52. The van der Waals surface area contributed by atoms with Crippen LogP contribution in [0.25, 0.3) is 10.6 Å². The minimum absolute atomic E-state index is 0.0559. The van der Waals surface area contributed by atoms with Gasteiger partial charge in [0.2, 0.25) is 0 Å². The predicted octanol–water partition coefficient (Wildman–Crippen LogP) is 4.99. The van der Waals surface area contributed by atoms with E-state index in [1.54, 1.807) is 11.3 Å². The lowest BCUT2D eigenvalue weighted by atomic mass is 9.77. The number of halogens is 1. The average Bonchev–Trinajstić information content (AvgIpc) is 3.22. The monoisotopic (exact) mass is 373 g/mol. The third kappa shape index (κ3) is 2.76. The summed E-state index contributed by atoms with van der Waals surface area (Å²) in [6, 6.07) is 5.83. The fourth-order valence-corrected chi connectivity index (χ4v) is 5.28. The van der Waals surface area contributed by atoms with Crippen LogP contribution in [-0.4, -0.2) is 16.6 Å². The van der Waals surface area contributed by atoms with Crippen LogP contribution < -0.4 is 0 Å². The molecule has 3 atom stereocenters. The van der Waals surface area contributed by atoms with E-state index >= 15 is 0 Å². The molecule has 0 spiro atoms. The summed E-state index contributed by atoms with van der Waals surface area (Å²) in [7, 11) is 0. The van der Waals surface area contributed by atoms with Crippen LogP contribution in [-0.2, 0) is 16.0 Å². The maximum Gasteiger partial charge on any atom is 0.152 e. The SMILES string of the molecule is CCc1sc(-c2ccc(Cl)c(C)c2)nc1C1C(=O)[C@@H]2CC[C@@H](C2)C1=O. The van der Waals surface area contributed by atoms with Gasteiger partial charge in [0.05, 0.1) is 5.69 Å². The average molecular weight is 374 g/mol. The molecule has 5 heteroatoms. The predicted molar refractivity (Wildman–Crippen MR) is 100 cm³/mol. The molecule has 0 radical (unpaired) electrons. The van der Waals surface area contributed by atoms with Gasteiger partial charge in [-0.05, 0) is 50.3 Å². The summed E-state index contributed by atoms with van der Waals surface area (Å²) in [5.41, 5.74) is 2.70. The highest BCUT2D eigenvalue weighted by molar-refractivity contribution is 7.15. The van der Waals surface area contributed by atoms with Crippen molar-refractivity contribution in [2.24, 2.45) is 11.8 Å². The molecule has 1 aromatic heterocycles. The van der Waals surface area contributed by atoms with Crippen LogP contribution in [0.3, 0.4) is 0 Å². The first-order valence-electron chi connectivity index (χ1n) is 8.83. The van der Waals surface area contributed by atoms with Crippen LogP contribution in [0.2, 0.25) is 5.02 Å². The summed E-state index contributed by atoms with van der Waals surface area (Å²) < 4.78 is 0. The number of nitrogens with zero attached hydrogens (tertiary/aromatic N) is 1. The van der Waals surface area contributed by atoms with Gasteiger partial charge in [0.25, 0.3) is 0 Å². The van der Waals surface area contributed by atoms with E-state index in [1.807, 2.05) is 25.1 Å². The zero-order valence-electron chi connectivity index (χ0n) is 14.3. The number of ketones is 2. The standard InChI is InChI=1S/C20H20ClNO2S/c1-3-15-17(16-18(23)11-4-5-12(9-11)19(16)24)22-20(25-15)13-6-7-14(21)10(2)8-13/h6-8,11-12,16H,3-5,9H2,1-2H3/t11-,12+,16?. The largest absolute Gasteiger partial charge is 0.298 e. The van der Waals surface area contributed by atoms with Gasteiger partial charge in [-0.25, -0.2) is 4.98 Å². The molecule has 130 valence electrons. The van der Waals surface area contributed by atoms with Gasteiger partial charge in [0.15, 0.2) is 11.6 Å². The molecule has 0 amide bonds. The number of rotatable bonds is 3. The number of aromatic nitrogens is 1. The summed E-state index contributed by atoms with van der Waals surface area (Å²) >= 11 is 7.71. The maximum atomic E-state index is 12.8. The number of carbonyl (C=O) groups is 2. The van der Waals surface area contributed by atoms with Gasteiger partial charge in [0.1, 0.15) is 10.9 Å². The summed E-state index contributed by atoms with van der Waals surface area (Å²) in [6.07, 6.45) is 3.26. The second-order valence-electron chi connectivity index (χ2n) is 7.09. The Morgan fingerprint density at radius 2 is 1.88 bits per heavy atom. The van der Waals surface area contributed by atoms with Gasteiger partial charge in [-0.15, -0.1) is 11.3 Å². The van der Waals surface area contributed by atoms with Crippen molar-refractivity contribution in [2.45, 2.75) is 45.4 Å². The first-order chi connectivity index (χ1) is 12.0. The Kier molecular flexibility index (Phi) is 4.28. The lowest BCUT2D eigenvalue weighted by Crippen LogP contribution is -2.35. The third-order valence-electron chi connectivity index (χ3n) is 5.53. The highest BCUT2D eigenvalue weighted by Gasteiger charge is 2.48. The Morgan fingerprint density at radius 1 is 1.20 bits per heavy atom. The summed E-state index contributed by atoms with van der Waals surface area (Å²) in [6.45, 7) is 4.02. The number of hydrogen-bond acceptors (Lipinski definition) is 4. The molecule has 2 aliphatic rings. The van der Waals surface area contributed by atoms with E-state index in [1.165, 1.54) is 0 Å². The molecule has 1 unspecified atom stereocenters. The van der Waals surface area contributed by atoms with Crippen molar-refractivity contribution in [2.75, 3.05) is 0 Å². The number of fused-ring (bicyclic) bond motifs is 2. The van der Waals surface area contributed by atoms with Gasteiger partial charge in [0, 0.05) is 27.3 Å². The molecular formula is C20H20ClNO2S. The molecule has 3 nitrogen and oxygen atoms in total. The number of hydrogen-bond donors (Lipinski definition) is 0. The van der Waals surface area contributed by atoms with Crippen LogP contribution in [0.15, 0.2) is 18.2 Å². The highest BCUT2D eigenvalue weighted by atomic mass is 35.5. The zero-order valence-corrected chi connectivity index (χ0v) is 15.9. The van der Waals surface area contributed by atoms with E-state index in [-0.39, 0.29) is 23.4 Å². The summed E-state index contributed by atoms with van der Waals surface area (Å²) in [5.74, 6) is -0.338. The van der Waals surface area contributed by atoms with Crippen molar-refractivity contribution in [3.8, 4) is 10.6 Å². The quantitative estimate of drug-likeness (QED) is 0.712. The smallest absolute Gasteiger partial charge is 0.152 e. The zero-order chi connectivity index (χ0) is 17.7. The number of thiazole rings is 1. The van der Waals surface area contributed by atoms with Crippen LogP contribution in [0.5, 0.6) is 0 Å². The molecule has 2 aromatic rings. The van der Waals surface area contributed by atoms with Crippen molar-refractivity contribution in [1.29, 1.82) is 0 Å². The Balaban J connectivity index is 1.77. The van der Waals surface area contributed by atoms with E-state index in [9.17, 15) is 9.59 Å². The minimum Gasteiger partial charge on any atom is -0.298 e. The van der Waals surface area contributed by atoms with Gasteiger partial charge in [-0.1, -0.05) is 24.6 Å². The summed E-state index contributed by atoms with van der Waals surface area (Å²) in [5, 5.41) is 1.59. The van der Waals surface area contributed by atoms with Gasteiger partial charge in [-0.2, -0.15) is 0 Å². The lowest BCUT2D eigenvalue weighted by molar-refractivity contribution is -0.136. The molecule has 25 heavy (non-hydrogen) atoms. The second-order valence-corrected chi connectivity index (χ2v) is 8.58. The normalized spacial score (nSPS) is 25.6. The number of Topliss-reactive ketones (excluding diaryl/α,β-unsaturated/α-hetero) is 2. The van der Waals surface area contributed by atoms with Crippen LogP contribution in [0, 0.1) is 18.8 Å². The van der Waals surface area contributed by atoms with E-state index in [4.69, 9.17) is 16.6 Å². The molecule has 2 bridgehead atoms. The molecule has 0 N–H and O–H groups in total. The van der Waals surface area contributed by atoms with E-state index in [0.29, 0.717) is 5.69 Å². The number of carbonyl (C=O) groups excluding carboxylic acids is 2. The van der Waals surface area contributed by atoms with Crippen molar-refractivity contribution in [3.63, 3.8) is 0 Å². The molecule has 0 aliphatic heterocycles. The van der Waals surface area contributed by atoms with Crippen molar-refractivity contribution >= 4 is 34.5 Å². The first kappa shape index (κ1) is 16.9. The lowest BCUT2D eigenvalue weighted by Gasteiger charge is -2.24. The van der Waals surface area contributed by atoms with E-state index in [0.717, 1.165) is 51.7 Å². The molecule has 1 heterocycles. The number of aryl methyl sites for hydroxylation is 2. The molecule has 2 saturated carbocycles. The molecule has 4 rings (SSSR count). The van der Waals surface area contributed by atoms with E-state index < -0.39 is 5.92 Å². The van der Waals surface area contributed by atoms with E-state index in [2.05, 4.69) is 6.92 Å². The Morgan fingerprint density at radius 3 is 2.48 bits per heavy atom. The molecular weight excluding hydrogens is 354 g/mol. The fraction of sp³-hybridized carbons (Fsp3) is 0.450.